The van der Waals surface area contributed by atoms with Gasteiger partial charge in [0, 0.05) is 12.0 Å². The Hall–Kier alpha value is -2.09. The van der Waals surface area contributed by atoms with Gasteiger partial charge in [-0.2, -0.15) is 0 Å². The van der Waals surface area contributed by atoms with Crippen LogP contribution in [-0.4, -0.2) is 12.4 Å². The fourth-order valence-corrected chi connectivity index (χ4v) is 2.30. The maximum Gasteiger partial charge on any atom is 0.166 e. The highest BCUT2D eigenvalue weighted by atomic mass is 16.5. The van der Waals surface area contributed by atoms with Gasteiger partial charge < -0.3 is 4.74 Å². The first-order valence-corrected chi connectivity index (χ1v) is 6.21. The molecule has 0 atom stereocenters. The lowest BCUT2D eigenvalue weighted by Crippen LogP contribution is -1.99. The summed E-state index contributed by atoms with van der Waals surface area (Å²) < 4.78 is 5.78. The third-order valence-electron chi connectivity index (χ3n) is 3.19. The third kappa shape index (κ3) is 1.90. The van der Waals surface area contributed by atoms with Crippen LogP contribution in [0.4, 0.5) is 0 Å². The third-order valence-corrected chi connectivity index (χ3v) is 3.19. The SMILES string of the molecule is O=C1CCCOc2c1cccc2-c1ccccc1. The maximum atomic E-state index is 12.0. The molecule has 2 aromatic rings. The van der Waals surface area contributed by atoms with Crippen molar-refractivity contribution in [3.8, 4) is 16.9 Å². The number of ether oxygens (including phenoxy) is 1. The predicted molar refractivity (Wildman–Crippen MR) is 70.9 cm³/mol. The zero-order valence-corrected chi connectivity index (χ0v) is 10.1. The van der Waals surface area contributed by atoms with Crippen LogP contribution in [0, 0.1) is 0 Å². The number of ketones is 1. The van der Waals surface area contributed by atoms with Gasteiger partial charge in [0.25, 0.3) is 0 Å². The van der Waals surface area contributed by atoms with Crippen LogP contribution in [0.15, 0.2) is 48.5 Å². The van der Waals surface area contributed by atoms with E-state index in [1.54, 1.807) is 0 Å². The van der Waals surface area contributed by atoms with Crippen molar-refractivity contribution in [1.29, 1.82) is 0 Å². The second-order valence-corrected chi connectivity index (χ2v) is 4.42. The number of hydrogen-bond donors (Lipinski definition) is 0. The lowest BCUT2D eigenvalue weighted by Gasteiger charge is -2.12. The second-order valence-electron chi connectivity index (χ2n) is 4.42. The van der Waals surface area contributed by atoms with E-state index in [9.17, 15) is 4.79 Å². The Balaban J connectivity index is 2.17. The Bertz CT molecular complexity index is 573. The molecule has 0 amide bonds. The van der Waals surface area contributed by atoms with Gasteiger partial charge in [-0.15, -0.1) is 0 Å². The summed E-state index contributed by atoms with van der Waals surface area (Å²) in [5.74, 6) is 0.923. The molecule has 0 aliphatic carbocycles. The van der Waals surface area contributed by atoms with Crippen LogP contribution in [0.2, 0.25) is 0 Å². The highest BCUT2D eigenvalue weighted by Gasteiger charge is 2.19. The molecule has 1 aliphatic rings. The van der Waals surface area contributed by atoms with Gasteiger partial charge in [-0.05, 0) is 18.1 Å². The average Bonchev–Trinajstić information content (AvgIpc) is 2.62. The van der Waals surface area contributed by atoms with E-state index in [0.29, 0.717) is 18.6 Å². The van der Waals surface area contributed by atoms with E-state index in [0.717, 1.165) is 23.3 Å². The van der Waals surface area contributed by atoms with E-state index in [-0.39, 0.29) is 5.78 Å². The summed E-state index contributed by atoms with van der Waals surface area (Å²) in [7, 11) is 0. The molecule has 1 aliphatic heterocycles. The number of para-hydroxylation sites is 1. The molecule has 3 rings (SSSR count). The van der Waals surface area contributed by atoms with Crippen LogP contribution < -0.4 is 4.74 Å². The average molecular weight is 238 g/mol. The van der Waals surface area contributed by atoms with Crippen molar-refractivity contribution in [3.05, 3.63) is 54.1 Å². The van der Waals surface area contributed by atoms with Gasteiger partial charge in [-0.3, -0.25) is 4.79 Å². The molecule has 2 heteroatoms. The van der Waals surface area contributed by atoms with Gasteiger partial charge in [-0.25, -0.2) is 0 Å². The number of Topliss-reactive ketones (excluding diaryl/α,β-unsaturated/α-hetero) is 1. The van der Waals surface area contributed by atoms with Crippen molar-refractivity contribution in [2.24, 2.45) is 0 Å². The molecule has 0 radical (unpaired) electrons. The minimum Gasteiger partial charge on any atom is -0.492 e. The normalized spacial score (nSPS) is 14.6. The first-order valence-electron chi connectivity index (χ1n) is 6.21. The Kier molecular flexibility index (Phi) is 2.85. The van der Waals surface area contributed by atoms with Crippen LogP contribution in [0.3, 0.4) is 0 Å². The minimum atomic E-state index is 0.181. The molecule has 2 aromatic carbocycles. The Morgan fingerprint density at radius 1 is 0.889 bits per heavy atom. The highest BCUT2D eigenvalue weighted by Crippen LogP contribution is 2.35. The lowest BCUT2D eigenvalue weighted by molar-refractivity contribution is 0.0983. The van der Waals surface area contributed by atoms with Crippen molar-refractivity contribution in [2.45, 2.75) is 12.8 Å². The van der Waals surface area contributed by atoms with E-state index >= 15 is 0 Å². The first kappa shape index (κ1) is 11.0. The fraction of sp³-hybridized carbons (Fsp3) is 0.188. The van der Waals surface area contributed by atoms with E-state index in [4.69, 9.17) is 4.74 Å². The fourth-order valence-electron chi connectivity index (χ4n) is 2.30. The smallest absolute Gasteiger partial charge is 0.166 e. The van der Waals surface area contributed by atoms with Crippen molar-refractivity contribution >= 4 is 5.78 Å². The maximum absolute atomic E-state index is 12.0. The minimum absolute atomic E-state index is 0.181. The molecule has 18 heavy (non-hydrogen) atoms. The number of carbonyl (C=O) groups is 1. The Morgan fingerprint density at radius 3 is 2.50 bits per heavy atom. The molecule has 90 valence electrons. The quantitative estimate of drug-likeness (QED) is 0.757. The van der Waals surface area contributed by atoms with Crippen molar-refractivity contribution in [2.75, 3.05) is 6.61 Å². The van der Waals surface area contributed by atoms with Crippen molar-refractivity contribution in [3.63, 3.8) is 0 Å². The Morgan fingerprint density at radius 2 is 1.67 bits per heavy atom. The summed E-state index contributed by atoms with van der Waals surface area (Å²) in [6.45, 7) is 0.614. The van der Waals surface area contributed by atoms with E-state index in [1.807, 2.05) is 48.5 Å². The van der Waals surface area contributed by atoms with E-state index < -0.39 is 0 Å². The Labute approximate surface area is 106 Å². The molecule has 0 N–H and O–H groups in total. The van der Waals surface area contributed by atoms with Crippen LogP contribution in [-0.2, 0) is 0 Å². The topological polar surface area (TPSA) is 26.3 Å². The molecule has 2 nitrogen and oxygen atoms in total. The number of rotatable bonds is 1. The lowest BCUT2D eigenvalue weighted by atomic mass is 9.99. The van der Waals surface area contributed by atoms with Crippen LogP contribution >= 0.6 is 0 Å². The standard InChI is InChI=1S/C16H14O2/c17-15-10-5-11-18-16-13(8-4-9-14(15)16)12-6-2-1-3-7-12/h1-4,6-9H,5,10-11H2. The van der Waals surface area contributed by atoms with Crippen LogP contribution in [0.25, 0.3) is 11.1 Å². The molecule has 0 saturated heterocycles. The summed E-state index contributed by atoms with van der Waals surface area (Å²) in [5, 5.41) is 0. The predicted octanol–water partition coefficient (Wildman–Crippen LogP) is 3.71. The van der Waals surface area contributed by atoms with Crippen molar-refractivity contribution < 1.29 is 9.53 Å². The van der Waals surface area contributed by atoms with Gasteiger partial charge in [0.05, 0.1) is 12.2 Å². The van der Waals surface area contributed by atoms with Gasteiger partial charge in [0.2, 0.25) is 0 Å². The highest BCUT2D eigenvalue weighted by molar-refractivity contribution is 6.01. The molecule has 0 spiro atoms. The summed E-state index contributed by atoms with van der Waals surface area (Å²) in [4.78, 5) is 12.0. The molecule has 0 saturated carbocycles. The number of hydrogen-bond acceptors (Lipinski definition) is 2. The molecule has 1 heterocycles. The number of carbonyl (C=O) groups excluding carboxylic acids is 1. The van der Waals surface area contributed by atoms with Crippen LogP contribution in [0.5, 0.6) is 5.75 Å². The molecule has 0 unspecified atom stereocenters. The van der Waals surface area contributed by atoms with Crippen molar-refractivity contribution in [1.82, 2.24) is 0 Å². The van der Waals surface area contributed by atoms with Gasteiger partial charge >= 0.3 is 0 Å². The summed E-state index contributed by atoms with van der Waals surface area (Å²) in [6.07, 6.45) is 1.37. The summed E-state index contributed by atoms with van der Waals surface area (Å²) in [5.41, 5.74) is 2.81. The largest absolute Gasteiger partial charge is 0.492 e. The summed E-state index contributed by atoms with van der Waals surface area (Å²) in [6, 6.07) is 15.8. The molecular formula is C16H14O2. The first-order chi connectivity index (χ1) is 8.86. The zero-order valence-electron chi connectivity index (χ0n) is 10.1. The van der Waals surface area contributed by atoms with Gasteiger partial charge in [-0.1, -0.05) is 42.5 Å². The van der Waals surface area contributed by atoms with E-state index in [2.05, 4.69) is 0 Å². The van der Waals surface area contributed by atoms with E-state index in [1.165, 1.54) is 0 Å². The molecule has 0 fully saturated rings. The van der Waals surface area contributed by atoms with Gasteiger partial charge in [0.1, 0.15) is 5.75 Å². The molecular weight excluding hydrogens is 224 g/mol. The number of benzene rings is 2. The van der Waals surface area contributed by atoms with Gasteiger partial charge in [0.15, 0.2) is 5.78 Å². The molecule has 0 bridgehead atoms. The summed E-state index contributed by atoms with van der Waals surface area (Å²) >= 11 is 0. The van der Waals surface area contributed by atoms with Crippen LogP contribution in [0.1, 0.15) is 23.2 Å². The monoisotopic (exact) mass is 238 g/mol. The zero-order chi connectivity index (χ0) is 12.4. The number of fused-ring (bicyclic) bond motifs is 1. The molecule has 0 aromatic heterocycles. The second kappa shape index (κ2) is 4.65.